The fourth-order valence-electron chi connectivity index (χ4n) is 3.35. The Kier molecular flexibility index (Phi) is 7.01. The van der Waals surface area contributed by atoms with E-state index in [1.807, 2.05) is 0 Å². The zero-order valence-electron chi connectivity index (χ0n) is 18.2. The van der Waals surface area contributed by atoms with Gasteiger partial charge in [-0.1, -0.05) is 11.6 Å². The number of rotatable bonds is 6. The molecule has 0 aliphatic carbocycles. The number of alkyl halides is 3. The fourth-order valence-corrected chi connectivity index (χ4v) is 4.95. The molecule has 1 amide bonds. The SMILES string of the molecule is O=C(CN(c1ccc(F)cc1)S(=O)(=O)c1ccc2c(c1)OCCO2)Nc1cc(C(F)(F)F)ccc1Cl. The van der Waals surface area contributed by atoms with E-state index in [1.165, 1.54) is 18.2 Å². The molecule has 7 nitrogen and oxygen atoms in total. The van der Waals surface area contributed by atoms with Gasteiger partial charge in [0.1, 0.15) is 25.6 Å². The van der Waals surface area contributed by atoms with Gasteiger partial charge >= 0.3 is 6.18 Å². The van der Waals surface area contributed by atoms with Crippen LogP contribution in [0.15, 0.2) is 65.6 Å². The maximum absolute atomic E-state index is 13.5. The predicted octanol–water partition coefficient (Wildman–Crippen LogP) is 5.10. The van der Waals surface area contributed by atoms with Gasteiger partial charge in [-0.05, 0) is 54.6 Å². The van der Waals surface area contributed by atoms with Crippen molar-refractivity contribution in [3.05, 3.63) is 77.1 Å². The highest BCUT2D eigenvalue weighted by Gasteiger charge is 2.32. The van der Waals surface area contributed by atoms with Crippen LogP contribution in [-0.4, -0.2) is 34.1 Å². The van der Waals surface area contributed by atoms with Gasteiger partial charge in [0.05, 0.1) is 26.9 Å². The van der Waals surface area contributed by atoms with Gasteiger partial charge in [-0.3, -0.25) is 9.10 Å². The molecule has 13 heteroatoms. The number of hydrogen-bond acceptors (Lipinski definition) is 5. The number of sulfonamides is 1. The Morgan fingerprint density at radius 3 is 2.31 bits per heavy atom. The van der Waals surface area contributed by atoms with Gasteiger partial charge < -0.3 is 14.8 Å². The molecule has 1 aliphatic rings. The summed E-state index contributed by atoms with van der Waals surface area (Å²) >= 11 is 5.93. The summed E-state index contributed by atoms with van der Waals surface area (Å²) in [5.74, 6) is -1.11. The van der Waals surface area contributed by atoms with Crippen molar-refractivity contribution in [2.45, 2.75) is 11.1 Å². The van der Waals surface area contributed by atoms with Crippen molar-refractivity contribution in [1.29, 1.82) is 0 Å². The Morgan fingerprint density at radius 2 is 1.64 bits per heavy atom. The van der Waals surface area contributed by atoms with Crippen LogP contribution in [0.25, 0.3) is 0 Å². The normalized spacial score (nSPS) is 13.2. The van der Waals surface area contributed by atoms with E-state index in [0.717, 1.165) is 36.4 Å². The fraction of sp³-hybridized carbons (Fsp3) is 0.174. The van der Waals surface area contributed by atoms with E-state index in [9.17, 15) is 30.8 Å². The molecular formula is C23H17ClF4N2O5S. The first-order valence-electron chi connectivity index (χ1n) is 10.3. The summed E-state index contributed by atoms with van der Waals surface area (Å²) in [5.41, 5.74) is -1.47. The number of anilines is 2. The number of ether oxygens (including phenoxy) is 2. The molecule has 36 heavy (non-hydrogen) atoms. The molecule has 0 unspecified atom stereocenters. The molecule has 3 aromatic carbocycles. The van der Waals surface area contributed by atoms with E-state index in [4.69, 9.17) is 21.1 Å². The Morgan fingerprint density at radius 1 is 0.972 bits per heavy atom. The van der Waals surface area contributed by atoms with E-state index in [2.05, 4.69) is 5.32 Å². The highest BCUT2D eigenvalue weighted by molar-refractivity contribution is 7.92. The molecule has 0 fully saturated rings. The molecule has 1 N–H and O–H groups in total. The van der Waals surface area contributed by atoms with Crippen molar-refractivity contribution in [1.82, 2.24) is 0 Å². The standard InChI is InChI=1S/C23H17ClF4N2O5S/c24-18-7-1-14(23(26,27)28)11-19(18)29-22(31)13-30(16-4-2-15(25)3-5-16)36(32,33)17-6-8-20-21(12-17)35-10-9-34-20/h1-8,11-12H,9-10,13H2,(H,29,31). The second-order valence-electron chi connectivity index (χ2n) is 7.53. The lowest BCUT2D eigenvalue weighted by atomic mass is 10.2. The van der Waals surface area contributed by atoms with Crippen LogP contribution in [-0.2, 0) is 21.0 Å². The molecular weight excluding hydrogens is 528 g/mol. The van der Waals surface area contributed by atoms with Gasteiger partial charge in [0.15, 0.2) is 11.5 Å². The Bertz CT molecular complexity index is 1400. The van der Waals surface area contributed by atoms with Crippen LogP contribution in [0.4, 0.5) is 28.9 Å². The summed E-state index contributed by atoms with van der Waals surface area (Å²) in [6.45, 7) is -0.355. The summed E-state index contributed by atoms with van der Waals surface area (Å²) in [4.78, 5) is 12.6. The summed E-state index contributed by atoms with van der Waals surface area (Å²) in [5, 5.41) is 2.03. The highest BCUT2D eigenvalue weighted by atomic mass is 35.5. The monoisotopic (exact) mass is 544 g/mol. The lowest BCUT2D eigenvalue weighted by molar-refractivity contribution is -0.137. The van der Waals surface area contributed by atoms with Crippen LogP contribution in [0, 0.1) is 5.82 Å². The average Bonchev–Trinajstić information content (AvgIpc) is 2.83. The maximum Gasteiger partial charge on any atom is 0.416 e. The van der Waals surface area contributed by atoms with Gasteiger partial charge in [0.25, 0.3) is 10.0 Å². The lowest BCUT2D eigenvalue weighted by Crippen LogP contribution is -2.38. The molecule has 0 spiro atoms. The molecule has 3 aromatic rings. The minimum Gasteiger partial charge on any atom is -0.486 e. The minimum absolute atomic E-state index is 0.0587. The number of hydrogen-bond donors (Lipinski definition) is 1. The Labute approximate surface area is 208 Å². The highest BCUT2D eigenvalue weighted by Crippen LogP contribution is 2.35. The number of carbonyl (C=O) groups is 1. The Hall–Kier alpha value is -3.51. The van der Waals surface area contributed by atoms with Crippen LogP contribution >= 0.6 is 11.6 Å². The van der Waals surface area contributed by atoms with Crippen LogP contribution in [0.5, 0.6) is 11.5 Å². The zero-order valence-corrected chi connectivity index (χ0v) is 19.8. The van der Waals surface area contributed by atoms with Crippen LogP contribution in [0.1, 0.15) is 5.56 Å². The number of benzene rings is 3. The summed E-state index contributed by atoms with van der Waals surface area (Å²) < 4.78 is 91.3. The summed E-state index contributed by atoms with van der Waals surface area (Å²) in [7, 11) is -4.43. The average molecular weight is 545 g/mol. The first kappa shape index (κ1) is 25.6. The molecule has 1 heterocycles. The summed E-state index contributed by atoms with van der Waals surface area (Å²) in [6.07, 6.45) is -4.69. The Balaban J connectivity index is 1.67. The molecule has 0 bridgehead atoms. The van der Waals surface area contributed by atoms with Crippen molar-refractivity contribution in [2.75, 3.05) is 29.4 Å². The topological polar surface area (TPSA) is 84.9 Å². The summed E-state index contributed by atoms with van der Waals surface area (Å²) in [6, 6.07) is 10.5. The first-order valence-corrected chi connectivity index (χ1v) is 12.1. The number of fused-ring (bicyclic) bond motifs is 1. The van der Waals surface area contributed by atoms with Crippen molar-refractivity contribution in [3.63, 3.8) is 0 Å². The van der Waals surface area contributed by atoms with Gasteiger partial charge in [0, 0.05) is 6.07 Å². The molecule has 0 saturated carbocycles. The second-order valence-corrected chi connectivity index (χ2v) is 9.80. The van der Waals surface area contributed by atoms with E-state index in [-0.39, 0.29) is 33.6 Å². The van der Waals surface area contributed by atoms with E-state index in [1.54, 1.807) is 0 Å². The smallest absolute Gasteiger partial charge is 0.416 e. The van der Waals surface area contributed by atoms with Crippen molar-refractivity contribution < 1.29 is 40.2 Å². The van der Waals surface area contributed by atoms with Gasteiger partial charge in [-0.25, -0.2) is 12.8 Å². The molecule has 4 rings (SSSR count). The molecule has 190 valence electrons. The molecule has 0 atom stereocenters. The van der Waals surface area contributed by atoms with Crippen LogP contribution in [0.3, 0.4) is 0 Å². The first-order chi connectivity index (χ1) is 16.9. The number of halogens is 5. The number of carbonyl (C=O) groups excluding carboxylic acids is 1. The van der Waals surface area contributed by atoms with Gasteiger partial charge in [-0.15, -0.1) is 0 Å². The number of nitrogens with zero attached hydrogens (tertiary/aromatic N) is 1. The maximum atomic E-state index is 13.5. The molecule has 1 aliphatic heterocycles. The van der Waals surface area contributed by atoms with Gasteiger partial charge in [0.2, 0.25) is 5.91 Å². The van der Waals surface area contributed by atoms with E-state index >= 15 is 0 Å². The van der Waals surface area contributed by atoms with Crippen molar-refractivity contribution in [3.8, 4) is 11.5 Å². The van der Waals surface area contributed by atoms with E-state index in [0.29, 0.717) is 22.7 Å². The van der Waals surface area contributed by atoms with Crippen molar-refractivity contribution >= 4 is 38.9 Å². The second kappa shape index (κ2) is 9.86. The minimum atomic E-state index is -4.69. The lowest BCUT2D eigenvalue weighted by Gasteiger charge is -2.25. The number of nitrogens with one attached hydrogen (secondary N) is 1. The van der Waals surface area contributed by atoms with Crippen LogP contribution < -0.4 is 19.1 Å². The van der Waals surface area contributed by atoms with Gasteiger partial charge in [-0.2, -0.15) is 13.2 Å². The predicted molar refractivity (Wildman–Crippen MR) is 123 cm³/mol. The number of amides is 1. The third-order valence-electron chi connectivity index (χ3n) is 5.07. The van der Waals surface area contributed by atoms with Crippen molar-refractivity contribution in [2.24, 2.45) is 0 Å². The molecule has 0 aromatic heterocycles. The molecule has 0 radical (unpaired) electrons. The van der Waals surface area contributed by atoms with Crippen LogP contribution in [0.2, 0.25) is 5.02 Å². The largest absolute Gasteiger partial charge is 0.486 e. The molecule has 0 saturated heterocycles. The third kappa shape index (κ3) is 5.49. The quantitative estimate of drug-likeness (QED) is 0.436. The third-order valence-corrected chi connectivity index (χ3v) is 7.17. The zero-order chi connectivity index (χ0) is 26.1. The van der Waals surface area contributed by atoms with E-state index < -0.39 is 40.0 Å².